The Labute approximate surface area is 130 Å². The van der Waals surface area contributed by atoms with E-state index in [9.17, 15) is 0 Å². The van der Waals surface area contributed by atoms with E-state index >= 15 is 0 Å². The van der Waals surface area contributed by atoms with Crippen LogP contribution in [-0.2, 0) is 0 Å². The predicted octanol–water partition coefficient (Wildman–Crippen LogP) is 2.67. The molecule has 0 spiro atoms. The second-order valence-electron chi connectivity index (χ2n) is 6.44. The number of hydrogen-bond donors (Lipinski definition) is 1. The van der Waals surface area contributed by atoms with Gasteiger partial charge >= 0.3 is 0 Å². The normalized spacial score (nSPS) is 19.4. The first-order chi connectivity index (χ1) is 10.1. The standard InChI is InChI=1S/C18H31N3/c1-16-7-4-8-18(15-16)17(2)19-9-5-11-21-12-6-10-20(3)13-14-21/h4,7-8,15,17,19H,5-6,9-14H2,1-3H3. The zero-order valence-corrected chi connectivity index (χ0v) is 13.9. The summed E-state index contributed by atoms with van der Waals surface area (Å²) in [6, 6.07) is 9.25. The Kier molecular flexibility index (Phi) is 6.68. The zero-order chi connectivity index (χ0) is 15.1. The molecule has 2 rings (SSSR count). The first kappa shape index (κ1) is 16.5. The van der Waals surface area contributed by atoms with Gasteiger partial charge in [-0.15, -0.1) is 0 Å². The van der Waals surface area contributed by atoms with Crippen LogP contribution in [0.1, 0.15) is 36.9 Å². The Bertz CT molecular complexity index is 419. The number of nitrogens with zero attached hydrogens (tertiary/aromatic N) is 2. The number of rotatable bonds is 6. The van der Waals surface area contributed by atoms with Gasteiger partial charge in [0, 0.05) is 19.1 Å². The lowest BCUT2D eigenvalue weighted by atomic mass is 10.1. The predicted molar refractivity (Wildman–Crippen MR) is 90.8 cm³/mol. The van der Waals surface area contributed by atoms with Crippen LogP contribution in [0.3, 0.4) is 0 Å². The van der Waals surface area contributed by atoms with Gasteiger partial charge in [0.2, 0.25) is 0 Å². The van der Waals surface area contributed by atoms with Gasteiger partial charge in [-0.05, 0) is 65.5 Å². The summed E-state index contributed by atoms with van der Waals surface area (Å²) < 4.78 is 0. The number of benzene rings is 1. The fraction of sp³-hybridized carbons (Fsp3) is 0.667. The minimum atomic E-state index is 0.445. The molecule has 3 heteroatoms. The van der Waals surface area contributed by atoms with Crippen molar-refractivity contribution in [3.8, 4) is 0 Å². The number of nitrogens with one attached hydrogen (secondary N) is 1. The first-order valence-corrected chi connectivity index (χ1v) is 8.36. The second kappa shape index (κ2) is 8.52. The van der Waals surface area contributed by atoms with E-state index in [0.717, 1.165) is 6.54 Å². The van der Waals surface area contributed by atoms with Gasteiger partial charge in [-0.3, -0.25) is 0 Å². The minimum Gasteiger partial charge on any atom is -0.310 e. The lowest BCUT2D eigenvalue weighted by Gasteiger charge is -2.21. The molecule has 1 saturated heterocycles. The molecule has 0 amide bonds. The Morgan fingerprint density at radius 3 is 2.86 bits per heavy atom. The van der Waals surface area contributed by atoms with E-state index in [4.69, 9.17) is 0 Å². The topological polar surface area (TPSA) is 18.5 Å². The average Bonchev–Trinajstić information content (AvgIpc) is 2.68. The highest BCUT2D eigenvalue weighted by Crippen LogP contribution is 2.13. The maximum Gasteiger partial charge on any atom is 0.0291 e. The monoisotopic (exact) mass is 289 g/mol. The van der Waals surface area contributed by atoms with E-state index < -0.39 is 0 Å². The molecule has 0 bridgehead atoms. The lowest BCUT2D eigenvalue weighted by Crippen LogP contribution is -2.31. The van der Waals surface area contributed by atoms with Gasteiger partial charge in [-0.2, -0.15) is 0 Å². The molecule has 1 aromatic carbocycles. The summed E-state index contributed by atoms with van der Waals surface area (Å²) in [7, 11) is 2.23. The smallest absolute Gasteiger partial charge is 0.0291 e. The molecular formula is C18H31N3. The summed E-state index contributed by atoms with van der Waals surface area (Å²) in [5.41, 5.74) is 2.74. The third kappa shape index (κ3) is 5.77. The highest BCUT2D eigenvalue weighted by Gasteiger charge is 2.11. The Hall–Kier alpha value is -0.900. The van der Waals surface area contributed by atoms with Crippen molar-refractivity contribution in [2.24, 2.45) is 0 Å². The summed E-state index contributed by atoms with van der Waals surface area (Å²) in [5.74, 6) is 0. The van der Waals surface area contributed by atoms with E-state index in [0.29, 0.717) is 6.04 Å². The van der Waals surface area contributed by atoms with Crippen molar-refractivity contribution in [2.45, 2.75) is 32.7 Å². The van der Waals surface area contributed by atoms with Gasteiger partial charge in [-0.1, -0.05) is 29.8 Å². The van der Waals surface area contributed by atoms with Gasteiger partial charge in [-0.25, -0.2) is 0 Å². The summed E-state index contributed by atoms with van der Waals surface area (Å²) in [6.07, 6.45) is 2.55. The maximum atomic E-state index is 3.65. The summed E-state index contributed by atoms with van der Waals surface area (Å²) in [6.45, 7) is 11.7. The van der Waals surface area contributed by atoms with Crippen molar-refractivity contribution in [3.05, 3.63) is 35.4 Å². The molecule has 1 N–H and O–H groups in total. The van der Waals surface area contributed by atoms with Crippen LogP contribution in [0.2, 0.25) is 0 Å². The second-order valence-corrected chi connectivity index (χ2v) is 6.44. The third-order valence-corrected chi connectivity index (χ3v) is 4.46. The molecule has 1 atom stereocenters. The van der Waals surface area contributed by atoms with Gasteiger partial charge in [0.15, 0.2) is 0 Å². The van der Waals surface area contributed by atoms with Crippen LogP contribution < -0.4 is 5.32 Å². The van der Waals surface area contributed by atoms with Gasteiger partial charge < -0.3 is 15.1 Å². The molecule has 1 aliphatic heterocycles. The number of hydrogen-bond acceptors (Lipinski definition) is 3. The molecule has 0 saturated carbocycles. The van der Waals surface area contributed by atoms with Crippen molar-refractivity contribution in [1.29, 1.82) is 0 Å². The van der Waals surface area contributed by atoms with Crippen molar-refractivity contribution in [3.63, 3.8) is 0 Å². The molecule has 1 aromatic rings. The van der Waals surface area contributed by atoms with Crippen molar-refractivity contribution < 1.29 is 0 Å². The van der Waals surface area contributed by atoms with Crippen LogP contribution in [0.25, 0.3) is 0 Å². The van der Waals surface area contributed by atoms with Crippen LogP contribution >= 0.6 is 0 Å². The number of likely N-dealkylation sites (N-methyl/N-ethyl adjacent to an activating group) is 1. The SMILES string of the molecule is Cc1cccc(C(C)NCCCN2CCCN(C)CC2)c1. The van der Waals surface area contributed by atoms with E-state index in [1.54, 1.807) is 0 Å². The van der Waals surface area contributed by atoms with Gasteiger partial charge in [0.25, 0.3) is 0 Å². The molecule has 1 heterocycles. The lowest BCUT2D eigenvalue weighted by molar-refractivity contribution is 0.271. The fourth-order valence-electron chi connectivity index (χ4n) is 3.00. The Morgan fingerprint density at radius 2 is 2.05 bits per heavy atom. The van der Waals surface area contributed by atoms with Crippen molar-refractivity contribution >= 4 is 0 Å². The van der Waals surface area contributed by atoms with Gasteiger partial charge in [0.05, 0.1) is 0 Å². The van der Waals surface area contributed by atoms with Crippen LogP contribution in [0, 0.1) is 6.92 Å². The van der Waals surface area contributed by atoms with Gasteiger partial charge in [0.1, 0.15) is 0 Å². The molecule has 21 heavy (non-hydrogen) atoms. The number of aryl methyl sites for hydroxylation is 1. The van der Waals surface area contributed by atoms with Crippen molar-refractivity contribution in [2.75, 3.05) is 46.3 Å². The summed E-state index contributed by atoms with van der Waals surface area (Å²) in [4.78, 5) is 5.06. The minimum absolute atomic E-state index is 0.445. The highest BCUT2D eigenvalue weighted by atomic mass is 15.2. The molecule has 1 unspecified atom stereocenters. The van der Waals surface area contributed by atoms with Crippen LogP contribution in [0.15, 0.2) is 24.3 Å². The molecule has 1 aliphatic rings. The average molecular weight is 289 g/mol. The van der Waals surface area contributed by atoms with Crippen LogP contribution in [0.5, 0.6) is 0 Å². The van der Waals surface area contributed by atoms with E-state index in [1.165, 1.54) is 56.7 Å². The van der Waals surface area contributed by atoms with E-state index in [-0.39, 0.29) is 0 Å². The molecule has 0 radical (unpaired) electrons. The van der Waals surface area contributed by atoms with E-state index in [2.05, 4.69) is 60.3 Å². The largest absolute Gasteiger partial charge is 0.310 e. The molecule has 118 valence electrons. The highest BCUT2D eigenvalue weighted by molar-refractivity contribution is 5.24. The quantitative estimate of drug-likeness (QED) is 0.812. The summed E-state index contributed by atoms with van der Waals surface area (Å²) in [5, 5.41) is 3.65. The van der Waals surface area contributed by atoms with Crippen molar-refractivity contribution in [1.82, 2.24) is 15.1 Å². The molecule has 0 aromatic heterocycles. The van der Waals surface area contributed by atoms with E-state index in [1.807, 2.05) is 0 Å². The molecular weight excluding hydrogens is 258 g/mol. The van der Waals surface area contributed by atoms with Crippen LogP contribution in [-0.4, -0.2) is 56.1 Å². The fourth-order valence-corrected chi connectivity index (χ4v) is 3.00. The summed E-state index contributed by atoms with van der Waals surface area (Å²) >= 11 is 0. The molecule has 1 fully saturated rings. The Morgan fingerprint density at radius 1 is 1.19 bits per heavy atom. The zero-order valence-electron chi connectivity index (χ0n) is 13.9. The molecule has 0 aliphatic carbocycles. The molecule has 3 nitrogen and oxygen atoms in total. The third-order valence-electron chi connectivity index (χ3n) is 4.46. The van der Waals surface area contributed by atoms with Crippen LogP contribution in [0.4, 0.5) is 0 Å². The Balaban J connectivity index is 1.65. The maximum absolute atomic E-state index is 3.65. The first-order valence-electron chi connectivity index (χ1n) is 8.36.